The maximum absolute atomic E-state index is 12.3. The summed E-state index contributed by atoms with van der Waals surface area (Å²) >= 11 is 0. The van der Waals surface area contributed by atoms with E-state index < -0.39 is 0 Å². The van der Waals surface area contributed by atoms with Crippen LogP contribution in [0.3, 0.4) is 0 Å². The maximum Gasteiger partial charge on any atom is 0.246 e. The molecule has 2 amide bonds. The summed E-state index contributed by atoms with van der Waals surface area (Å²) in [7, 11) is 0. The van der Waals surface area contributed by atoms with E-state index in [1.807, 2.05) is 0 Å². The molecule has 3 fully saturated rings. The van der Waals surface area contributed by atoms with Gasteiger partial charge in [-0.1, -0.05) is 0 Å². The molecule has 3 rings (SSSR count). The highest BCUT2D eigenvalue weighted by atomic mass is 16.5. The van der Waals surface area contributed by atoms with Crippen LogP contribution in [0.5, 0.6) is 0 Å². The topological polar surface area (TPSA) is 66.9 Å². The summed E-state index contributed by atoms with van der Waals surface area (Å²) in [5.41, 5.74) is 0. The van der Waals surface area contributed by atoms with Gasteiger partial charge in [-0.2, -0.15) is 0 Å². The molecule has 0 spiro atoms. The molecule has 2 unspecified atom stereocenters. The lowest BCUT2D eigenvalue weighted by Gasteiger charge is -2.36. The van der Waals surface area contributed by atoms with Gasteiger partial charge in [0.15, 0.2) is 5.78 Å². The maximum atomic E-state index is 12.3. The van der Waals surface area contributed by atoms with E-state index in [1.165, 1.54) is 4.90 Å². The molecular formula is C13H18N2O4. The predicted molar refractivity (Wildman–Crippen MR) is 65.2 cm³/mol. The smallest absolute Gasteiger partial charge is 0.246 e. The summed E-state index contributed by atoms with van der Waals surface area (Å²) in [6, 6.07) is -0.325. The molecular weight excluding hydrogens is 248 g/mol. The van der Waals surface area contributed by atoms with Crippen LogP contribution in [0, 0.1) is 5.92 Å². The van der Waals surface area contributed by atoms with Gasteiger partial charge in [0.2, 0.25) is 11.8 Å². The van der Waals surface area contributed by atoms with Gasteiger partial charge < -0.3 is 14.5 Å². The number of ketones is 1. The van der Waals surface area contributed by atoms with E-state index in [2.05, 4.69) is 0 Å². The Morgan fingerprint density at radius 3 is 2.89 bits per heavy atom. The summed E-state index contributed by atoms with van der Waals surface area (Å²) in [5, 5.41) is 0. The molecule has 3 aliphatic heterocycles. The van der Waals surface area contributed by atoms with Crippen molar-refractivity contribution in [1.29, 1.82) is 0 Å². The molecule has 19 heavy (non-hydrogen) atoms. The Morgan fingerprint density at radius 1 is 1.32 bits per heavy atom. The van der Waals surface area contributed by atoms with Crippen molar-refractivity contribution in [3.05, 3.63) is 0 Å². The highest BCUT2D eigenvalue weighted by Crippen LogP contribution is 2.24. The number of carbonyl (C=O) groups excluding carboxylic acids is 3. The van der Waals surface area contributed by atoms with Gasteiger partial charge in [0, 0.05) is 19.1 Å². The van der Waals surface area contributed by atoms with E-state index in [9.17, 15) is 14.4 Å². The Kier molecular flexibility index (Phi) is 3.26. The molecule has 0 saturated carbocycles. The van der Waals surface area contributed by atoms with E-state index in [1.54, 1.807) is 4.90 Å². The SMILES string of the molecule is O=C(CN1CC(=O)N2CCCC2C1=O)C1CCOC1. The van der Waals surface area contributed by atoms with E-state index in [0.29, 0.717) is 19.8 Å². The van der Waals surface area contributed by atoms with E-state index in [0.717, 1.165) is 19.3 Å². The number of hydrogen-bond donors (Lipinski definition) is 0. The largest absolute Gasteiger partial charge is 0.381 e. The minimum absolute atomic E-state index is 0.0186. The second-order valence-electron chi connectivity index (χ2n) is 5.47. The number of ether oxygens (including phenoxy) is 1. The number of hydrogen-bond acceptors (Lipinski definition) is 4. The fourth-order valence-corrected chi connectivity index (χ4v) is 3.10. The minimum atomic E-state index is -0.325. The summed E-state index contributed by atoms with van der Waals surface area (Å²) in [4.78, 5) is 39.3. The first kappa shape index (κ1) is 12.6. The molecule has 0 aromatic carbocycles. The lowest BCUT2D eigenvalue weighted by atomic mass is 10.0. The van der Waals surface area contributed by atoms with Gasteiger partial charge in [0.1, 0.15) is 12.6 Å². The lowest BCUT2D eigenvalue weighted by molar-refractivity contribution is -0.154. The number of carbonyl (C=O) groups is 3. The predicted octanol–water partition coefficient (Wildman–Crippen LogP) is -0.575. The van der Waals surface area contributed by atoms with Gasteiger partial charge in [-0.25, -0.2) is 0 Å². The van der Waals surface area contributed by atoms with Gasteiger partial charge in [-0.3, -0.25) is 14.4 Å². The van der Waals surface area contributed by atoms with Crippen LogP contribution in [0.1, 0.15) is 19.3 Å². The summed E-state index contributed by atoms with van der Waals surface area (Å²) in [5.74, 6) is -0.184. The number of nitrogens with zero attached hydrogens (tertiary/aromatic N) is 2. The average molecular weight is 266 g/mol. The van der Waals surface area contributed by atoms with Crippen LogP contribution in [-0.4, -0.2) is 66.3 Å². The standard InChI is InChI=1S/C13H18N2O4/c16-11(9-3-5-19-8-9)6-14-7-12(17)15-4-1-2-10(15)13(14)18/h9-10H,1-8H2. The van der Waals surface area contributed by atoms with Crippen molar-refractivity contribution < 1.29 is 19.1 Å². The van der Waals surface area contributed by atoms with Crippen LogP contribution in [0.15, 0.2) is 0 Å². The zero-order chi connectivity index (χ0) is 13.4. The Morgan fingerprint density at radius 2 is 2.16 bits per heavy atom. The first-order valence-corrected chi connectivity index (χ1v) is 6.85. The van der Waals surface area contributed by atoms with Crippen molar-refractivity contribution in [2.45, 2.75) is 25.3 Å². The normalized spacial score (nSPS) is 30.9. The van der Waals surface area contributed by atoms with Crippen molar-refractivity contribution in [3.8, 4) is 0 Å². The second kappa shape index (κ2) is 4.92. The quantitative estimate of drug-likeness (QED) is 0.686. The van der Waals surface area contributed by atoms with E-state index >= 15 is 0 Å². The van der Waals surface area contributed by atoms with Crippen LogP contribution < -0.4 is 0 Å². The molecule has 0 N–H and O–H groups in total. The molecule has 104 valence electrons. The van der Waals surface area contributed by atoms with Crippen molar-refractivity contribution in [2.24, 2.45) is 5.92 Å². The first-order chi connectivity index (χ1) is 9.16. The van der Waals surface area contributed by atoms with Gasteiger partial charge in [-0.15, -0.1) is 0 Å². The third-order valence-electron chi connectivity index (χ3n) is 4.23. The lowest BCUT2D eigenvalue weighted by Crippen LogP contribution is -2.58. The second-order valence-corrected chi connectivity index (χ2v) is 5.47. The number of amides is 2. The zero-order valence-electron chi connectivity index (χ0n) is 10.8. The molecule has 3 aliphatic rings. The Bertz CT molecular complexity index is 417. The summed E-state index contributed by atoms with van der Waals surface area (Å²) in [6.45, 7) is 1.84. The molecule has 3 heterocycles. The molecule has 0 bridgehead atoms. The summed E-state index contributed by atoms with van der Waals surface area (Å²) in [6.07, 6.45) is 2.33. The molecule has 0 radical (unpaired) electrons. The van der Waals surface area contributed by atoms with Gasteiger partial charge >= 0.3 is 0 Å². The molecule has 0 aromatic heterocycles. The van der Waals surface area contributed by atoms with E-state index in [-0.39, 0.29) is 42.6 Å². The monoisotopic (exact) mass is 266 g/mol. The Balaban J connectivity index is 1.65. The number of Topliss-reactive ketones (excluding diaryl/α,β-unsaturated/α-hetero) is 1. The van der Waals surface area contributed by atoms with Crippen LogP contribution in [0.25, 0.3) is 0 Å². The third kappa shape index (κ3) is 2.25. The highest BCUT2D eigenvalue weighted by molar-refractivity contribution is 5.98. The van der Waals surface area contributed by atoms with E-state index in [4.69, 9.17) is 4.74 Å². The Labute approximate surface area is 111 Å². The van der Waals surface area contributed by atoms with Crippen molar-refractivity contribution in [3.63, 3.8) is 0 Å². The average Bonchev–Trinajstić information content (AvgIpc) is 3.05. The summed E-state index contributed by atoms with van der Waals surface area (Å²) < 4.78 is 5.19. The highest BCUT2D eigenvalue weighted by Gasteiger charge is 2.42. The third-order valence-corrected chi connectivity index (χ3v) is 4.23. The molecule has 3 saturated heterocycles. The van der Waals surface area contributed by atoms with Crippen LogP contribution in [0.4, 0.5) is 0 Å². The molecule has 6 heteroatoms. The minimum Gasteiger partial charge on any atom is -0.381 e. The van der Waals surface area contributed by atoms with Crippen LogP contribution in [-0.2, 0) is 19.1 Å². The Hall–Kier alpha value is -1.43. The van der Waals surface area contributed by atoms with Crippen LogP contribution in [0.2, 0.25) is 0 Å². The van der Waals surface area contributed by atoms with Crippen LogP contribution >= 0.6 is 0 Å². The number of piperazine rings is 1. The molecule has 6 nitrogen and oxygen atoms in total. The zero-order valence-corrected chi connectivity index (χ0v) is 10.8. The number of fused-ring (bicyclic) bond motifs is 1. The number of rotatable bonds is 3. The van der Waals surface area contributed by atoms with Gasteiger partial charge in [0.05, 0.1) is 13.2 Å². The molecule has 2 atom stereocenters. The van der Waals surface area contributed by atoms with Crippen molar-refractivity contribution in [1.82, 2.24) is 9.80 Å². The van der Waals surface area contributed by atoms with Crippen molar-refractivity contribution >= 4 is 17.6 Å². The first-order valence-electron chi connectivity index (χ1n) is 6.85. The molecule has 0 aliphatic carbocycles. The fraction of sp³-hybridized carbons (Fsp3) is 0.769. The molecule has 0 aromatic rings. The van der Waals surface area contributed by atoms with Gasteiger partial charge in [0.25, 0.3) is 0 Å². The fourth-order valence-electron chi connectivity index (χ4n) is 3.10. The van der Waals surface area contributed by atoms with Crippen molar-refractivity contribution in [2.75, 3.05) is 32.8 Å². The van der Waals surface area contributed by atoms with Gasteiger partial charge in [-0.05, 0) is 19.3 Å².